The smallest absolute Gasteiger partial charge is 0.414 e. The van der Waals surface area contributed by atoms with Crippen molar-refractivity contribution in [3.8, 4) is 0 Å². The van der Waals surface area contributed by atoms with Crippen LogP contribution in [0.2, 0.25) is 0 Å². The highest BCUT2D eigenvalue weighted by Crippen LogP contribution is 2.26. The summed E-state index contributed by atoms with van der Waals surface area (Å²) in [6.07, 6.45) is 2.34. The maximum Gasteiger partial charge on any atom is 0.414 e. The van der Waals surface area contributed by atoms with Gasteiger partial charge in [-0.2, -0.15) is 0 Å². The molecule has 2 amide bonds. The maximum atomic E-state index is 14.8. The van der Waals surface area contributed by atoms with Gasteiger partial charge in [-0.05, 0) is 49.6 Å². The zero-order chi connectivity index (χ0) is 22.1. The number of aryl methyl sites for hydroxylation is 2. The number of aromatic nitrogens is 1. The van der Waals surface area contributed by atoms with Crippen molar-refractivity contribution in [1.82, 2.24) is 9.88 Å². The molecule has 164 valence electrons. The predicted octanol–water partition coefficient (Wildman–Crippen LogP) is 3.40. The van der Waals surface area contributed by atoms with E-state index in [0.29, 0.717) is 31.9 Å². The second-order valence-electron chi connectivity index (χ2n) is 8.08. The minimum absolute atomic E-state index is 0.0130. The molecule has 2 fully saturated rings. The van der Waals surface area contributed by atoms with Gasteiger partial charge in [0, 0.05) is 32.4 Å². The van der Waals surface area contributed by atoms with Crippen molar-refractivity contribution >= 4 is 23.5 Å². The molecule has 0 N–H and O–H groups in total. The molecular formula is C23H27FN4O3. The summed E-state index contributed by atoms with van der Waals surface area (Å²) >= 11 is 0. The van der Waals surface area contributed by atoms with E-state index >= 15 is 0 Å². The molecule has 2 aliphatic rings. The minimum atomic E-state index is -0.635. The first-order valence-corrected chi connectivity index (χ1v) is 10.6. The first-order valence-electron chi connectivity index (χ1n) is 10.6. The average Bonchev–Trinajstić information content (AvgIpc) is 3.11. The quantitative estimate of drug-likeness (QED) is 0.750. The molecule has 0 radical (unpaired) electrons. The summed E-state index contributed by atoms with van der Waals surface area (Å²) in [5.41, 5.74) is 2.73. The monoisotopic (exact) mass is 426 g/mol. The highest BCUT2D eigenvalue weighted by atomic mass is 19.1. The molecule has 2 aromatic rings. The second kappa shape index (κ2) is 8.53. The number of carbonyl (C=O) groups is 2. The largest absolute Gasteiger partial charge is 0.447 e. The molecule has 2 saturated heterocycles. The summed E-state index contributed by atoms with van der Waals surface area (Å²) in [5.74, 6) is -0.0392. The number of nitrogens with zero attached hydrogens (tertiary/aromatic N) is 4. The molecule has 1 unspecified atom stereocenters. The van der Waals surface area contributed by atoms with Crippen molar-refractivity contribution in [2.75, 3.05) is 42.6 Å². The van der Waals surface area contributed by atoms with Gasteiger partial charge in [0.05, 0.1) is 17.3 Å². The molecule has 3 heterocycles. The number of piperazine rings is 1. The number of ether oxygens (including phenoxy) is 1. The Kier molecular flexibility index (Phi) is 5.80. The summed E-state index contributed by atoms with van der Waals surface area (Å²) in [6.45, 7) is 8.51. The van der Waals surface area contributed by atoms with Gasteiger partial charge in [0.2, 0.25) is 0 Å². The van der Waals surface area contributed by atoms with E-state index < -0.39 is 11.9 Å². The summed E-state index contributed by atoms with van der Waals surface area (Å²) < 4.78 is 19.8. The summed E-state index contributed by atoms with van der Waals surface area (Å²) in [6, 6.07) is 6.25. The number of amides is 2. The van der Waals surface area contributed by atoms with E-state index in [2.05, 4.69) is 22.9 Å². The minimum Gasteiger partial charge on any atom is -0.447 e. The van der Waals surface area contributed by atoms with Crippen LogP contribution in [0.1, 0.15) is 35.3 Å². The Morgan fingerprint density at radius 2 is 1.97 bits per heavy atom. The van der Waals surface area contributed by atoms with Gasteiger partial charge in [-0.3, -0.25) is 9.69 Å². The second-order valence-corrected chi connectivity index (χ2v) is 8.08. The van der Waals surface area contributed by atoms with Gasteiger partial charge in [-0.25, -0.2) is 14.2 Å². The van der Waals surface area contributed by atoms with Crippen LogP contribution in [-0.4, -0.2) is 60.7 Å². The third-order valence-corrected chi connectivity index (χ3v) is 5.93. The lowest BCUT2D eigenvalue weighted by atomic mass is 10.1. The van der Waals surface area contributed by atoms with E-state index in [1.165, 1.54) is 22.6 Å². The fraction of sp³-hybridized carbons (Fsp3) is 0.435. The lowest BCUT2D eigenvalue weighted by Gasteiger charge is -2.36. The number of carbonyl (C=O) groups excluding carboxylic acids is 2. The Bertz CT molecular complexity index is 1000. The Morgan fingerprint density at radius 3 is 2.55 bits per heavy atom. The van der Waals surface area contributed by atoms with Crippen LogP contribution >= 0.6 is 0 Å². The molecule has 0 aliphatic carbocycles. The maximum absolute atomic E-state index is 14.8. The molecule has 1 atom stereocenters. The molecule has 8 heteroatoms. The van der Waals surface area contributed by atoms with Crippen LogP contribution in [0.5, 0.6) is 0 Å². The number of cyclic esters (lactones) is 1. The van der Waals surface area contributed by atoms with Crippen molar-refractivity contribution in [3.63, 3.8) is 0 Å². The number of hydrogen-bond donors (Lipinski definition) is 0. The normalized spacial score (nSPS) is 19.0. The zero-order valence-electron chi connectivity index (χ0n) is 18.1. The summed E-state index contributed by atoms with van der Waals surface area (Å²) in [5, 5.41) is 0. The SMILES string of the molecule is CCc1cnc(N2CCN(C(=O)c3ccc(N4C(=O)OCC4C)cc3F)CC2)c(C)c1. The van der Waals surface area contributed by atoms with Crippen LogP contribution in [0.3, 0.4) is 0 Å². The molecule has 7 nitrogen and oxygen atoms in total. The summed E-state index contributed by atoms with van der Waals surface area (Å²) in [4.78, 5) is 34.6. The highest BCUT2D eigenvalue weighted by Gasteiger charge is 2.32. The summed E-state index contributed by atoms with van der Waals surface area (Å²) in [7, 11) is 0. The van der Waals surface area contributed by atoms with E-state index in [-0.39, 0.29) is 24.1 Å². The number of benzene rings is 1. The van der Waals surface area contributed by atoms with Gasteiger partial charge in [0.1, 0.15) is 18.2 Å². The Hall–Kier alpha value is -3.16. The molecule has 0 bridgehead atoms. The van der Waals surface area contributed by atoms with Gasteiger partial charge in [0.15, 0.2) is 0 Å². The number of halogens is 1. The molecule has 2 aliphatic heterocycles. The molecule has 0 saturated carbocycles. The van der Waals surface area contributed by atoms with Crippen LogP contribution < -0.4 is 9.80 Å². The van der Waals surface area contributed by atoms with Crippen LogP contribution in [-0.2, 0) is 11.2 Å². The molecule has 0 spiro atoms. The number of hydrogen-bond acceptors (Lipinski definition) is 5. The van der Waals surface area contributed by atoms with Crippen LogP contribution in [0, 0.1) is 12.7 Å². The van der Waals surface area contributed by atoms with Gasteiger partial charge >= 0.3 is 6.09 Å². The van der Waals surface area contributed by atoms with Gasteiger partial charge in [-0.1, -0.05) is 13.0 Å². The first kappa shape index (κ1) is 21.1. The molecule has 1 aromatic carbocycles. The van der Waals surface area contributed by atoms with Gasteiger partial charge < -0.3 is 14.5 Å². The molecular weight excluding hydrogens is 399 g/mol. The predicted molar refractivity (Wildman–Crippen MR) is 116 cm³/mol. The molecule has 1 aromatic heterocycles. The third kappa shape index (κ3) is 4.06. The van der Waals surface area contributed by atoms with Crippen LogP contribution in [0.25, 0.3) is 0 Å². The Morgan fingerprint density at radius 1 is 1.23 bits per heavy atom. The zero-order valence-corrected chi connectivity index (χ0v) is 18.1. The number of anilines is 2. The fourth-order valence-electron chi connectivity index (χ4n) is 4.14. The van der Waals surface area contributed by atoms with Gasteiger partial charge in [-0.15, -0.1) is 0 Å². The van der Waals surface area contributed by atoms with Crippen molar-refractivity contribution in [3.05, 3.63) is 53.0 Å². The first-order chi connectivity index (χ1) is 14.9. The standard InChI is InChI=1S/C23H27FN4O3/c1-4-17-11-15(2)21(25-13-17)26-7-9-27(10-8-26)22(29)19-6-5-18(12-20(19)24)28-16(3)14-31-23(28)30/h5-6,11-13,16H,4,7-10,14H2,1-3H3. The topological polar surface area (TPSA) is 66.0 Å². The number of rotatable bonds is 4. The fourth-order valence-corrected chi connectivity index (χ4v) is 4.14. The lowest BCUT2D eigenvalue weighted by molar-refractivity contribution is 0.0742. The van der Waals surface area contributed by atoms with E-state index in [4.69, 9.17) is 4.74 Å². The van der Waals surface area contributed by atoms with E-state index in [1.807, 2.05) is 20.0 Å². The highest BCUT2D eigenvalue weighted by molar-refractivity contribution is 5.96. The van der Waals surface area contributed by atoms with Crippen molar-refractivity contribution in [1.29, 1.82) is 0 Å². The van der Waals surface area contributed by atoms with Crippen molar-refractivity contribution < 1.29 is 18.7 Å². The third-order valence-electron chi connectivity index (χ3n) is 5.93. The van der Waals surface area contributed by atoms with E-state index in [1.54, 1.807) is 11.0 Å². The lowest BCUT2D eigenvalue weighted by Crippen LogP contribution is -2.49. The van der Waals surface area contributed by atoms with Gasteiger partial charge in [0.25, 0.3) is 5.91 Å². The average molecular weight is 426 g/mol. The van der Waals surface area contributed by atoms with Crippen LogP contribution in [0.15, 0.2) is 30.5 Å². The van der Waals surface area contributed by atoms with Crippen molar-refractivity contribution in [2.24, 2.45) is 0 Å². The molecule has 4 rings (SSSR count). The Labute approximate surface area is 181 Å². The molecule has 31 heavy (non-hydrogen) atoms. The van der Waals surface area contributed by atoms with Crippen molar-refractivity contribution in [2.45, 2.75) is 33.2 Å². The van der Waals surface area contributed by atoms with E-state index in [9.17, 15) is 14.0 Å². The van der Waals surface area contributed by atoms with E-state index in [0.717, 1.165) is 17.8 Å². The Balaban J connectivity index is 1.43. The van der Waals surface area contributed by atoms with Crippen LogP contribution in [0.4, 0.5) is 20.7 Å². The number of pyridine rings is 1.